The SMILES string of the molecule is CCCC1CCC(c2ccc(C(=O)Oc3ccc4c(F)c(C(F)(F)F)ccc4c3)cc2)CC1. The summed E-state index contributed by atoms with van der Waals surface area (Å²) in [7, 11) is 0. The maximum Gasteiger partial charge on any atom is 0.419 e. The molecule has 1 saturated carbocycles. The molecule has 0 heterocycles. The standard InChI is InChI=1S/C27H26F4O2/c1-2-3-17-4-6-18(7-5-17)19-8-10-20(11-9-19)26(32)33-22-13-14-23-21(16-22)12-15-24(25(23)28)27(29,30)31/h8-18H,2-7H2,1H3. The molecule has 2 nitrogen and oxygen atoms in total. The number of carbonyl (C=O) groups is 1. The van der Waals surface area contributed by atoms with Crippen LogP contribution in [-0.4, -0.2) is 5.97 Å². The number of carbonyl (C=O) groups excluding carboxylic acids is 1. The fourth-order valence-corrected chi connectivity index (χ4v) is 4.80. The number of hydrogen-bond donors (Lipinski definition) is 0. The second-order valence-corrected chi connectivity index (χ2v) is 8.83. The summed E-state index contributed by atoms with van der Waals surface area (Å²) < 4.78 is 58.3. The molecule has 4 rings (SSSR count). The number of ether oxygens (including phenoxy) is 1. The Labute approximate surface area is 190 Å². The Morgan fingerprint density at radius 2 is 1.67 bits per heavy atom. The average molecular weight is 458 g/mol. The van der Waals surface area contributed by atoms with Crippen molar-refractivity contribution in [1.29, 1.82) is 0 Å². The minimum absolute atomic E-state index is 0.144. The molecule has 0 unspecified atom stereocenters. The van der Waals surface area contributed by atoms with E-state index in [-0.39, 0.29) is 16.5 Å². The van der Waals surface area contributed by atoms with Gasteiger partial charge in [0.25, 0.3) is 0 Å². The first-order chi connectivity index (χ1) is 15.8. The van der Waals surface area contributed by atoms with Gasteiger partial charge in [-0.3, -0.25) is 0 Å². The molecule has 0 aliphatic heterocycles. The van der Waals surface area contributed by atoms with Crippen molar-refractivity contribution in [1.82, 2.24) is 0 Å². The molecule has 1 aliphatic rings. The molecule has 0 atom stereocenters. The van der Waals surface area contributed by atoms with Crippen LogP contribution < -0.4 is 4.74 Å². The third kappa shape index (κ3) is 5.21. The second-order valence-electron chi connectivity index (χ2n) is 8.83. The molecule has 0 bridgehead atoms. The van der Waals surface area contributed by atoms with E-state index in [1.807, 2.05) is 12.1 Å². The molecular weight excluding hydrogens is 432 g/mol. The summed E-state index contributed by atoms with van der Waals surface area (Å²) in [4.78, 5) is 12.6. The van der Waals surface area contributed by atoms with E-state index in [1.54, 1.807) is 12.1 Å². The molecule has 3 aromatic carbocycles. The van der Waals surface area contributed by atoms with E-state index in [9.17, 15) is 22.4 Å². The Bertz CT molecular complexity index is 1130. The molecule has 6 heteroatoms. The zero-order valence-electron chi connectivity index (χ0n) is 18.4. The van der Waals surface area contributed by atoms with E-state index >= 15 is 0 Å². The molecule has 1 aliphatic carbocycles. The molecule has 0 aromatic heterocycles. The number of halogens is 4. The number of rotatable bonds is 5. The van der Waals surface area contributed by atoms with Crippen LogP contribution in [0.2, 0.25) is 0 Å². The first-order valence-electron chi connectivity index (χ1n) is 11.4. The van der Waals surface area contributed by atoms with E-state index in [4.69, 9.17) is 4.74 Å². The van der Waals surface area contributed by atoms with Crippen LogP contribution in [-0.2, 0) is 6.18 Å². The number of hydrogen-bond acceptors (Lipinski definition) is 2. The number of alkyl halides is 3. The number of benzene rings is 3. The quantitative estimate of drug-likeness (QED) is 0.218. The summed E-state index contributed by atoms with van der Waals surface area (Å²) in [5, 5.41) is 0.0439. The van der Waals surface area contributed by atoms with Crippen LogP contribution in [0.3, 0.4) is 0 Å². The van der Waals surface area contributed by atoms with Crippen molar-refractivity contribution in [3.05, 3.63) is 77.1 Å². The normalized spacial score (nSPS) is 18.9. The highest BCUT2D eigenvalue weighted by Gasteiger charge is 2.34. The molecule has 3 aromatic rings. The van der Waals surface area contributed by atoms with Gasteiger partial charge in [-0.2, -0.15) is 13.2 Å². The van der Waals surface area contributed by atoms with Crippen LogP contribution in [0.15, 0.2) is 54.6 Å². The fraction of sp³-hybridized carbons (Fsp3) is 0.370. The van der Waals surface area contributed by atoms with Gasteiger partial charge in [0.2, 0.25) is 0 Å². The molecule has 0 radical (unpaired) electrons. The molecular formula is C27H26F4O2. The Balaban J connectivity index is 1.44. The summed E-state index contributed by atoms with van der Waals surface area (Å²) in [6.07, 6.45) is 2.57. The predicted octanol–water partition coefficient (Wildman–Crippen LogP) is 8.29. The highest BCUT2D eigenvalue weighted by atomic mass is 19.4. The van der Waals surface area contributed by atoms with Gasteiger partial charge in [0.1, 0.15) is 11.6 Å². The van der Waals surface area contributed by atoms with Gasteiger partial charge in [0.15, 0.2) is 0 Å². The van der Waals surface area contributed by atoms with Crippen LogP contribution in [0, 0.1) is 11.7 Å². The van der Waals surface area contributed by atoms with Crippen molar-refractivity contribution in [3.63, 3.8) is 0 Å². The molecule has 1 fully saturated rings. The van der Waals surface area contributed by atoms with Crippen molar-refractivity contribution < 1.29 is 27.1 Å². The number of esters is 1. The third-order valence-electron chi connectivity index (χ3n) is 6.60. The number of fused-ring (bicyclic) bond motifs is 1. The molecule has 0 saturated heterocycles. The van der Waals surface area contributed by atoms with Crippen LogP contribution in [0.4, 0.5) is 17.6 Å². The van der Waals surface area contributed by atoms with Gasteiger partial charge in [0.05, 0.1) is 11.1 Å². The van der Waals surface area contributed by atoms with Crippen LogP contribution >= 0.6 is 0 Å². The summed E-state index contributed by atoms with van der Waals surface area (Å²) in [5.74, 6) is -0.418. The Morgan fingerprint density at radius 1 is 0.970 bits per heavy atom. The van der Waals surface area contributed by atoms with E-state index in [0.29, 0.717) is 17.5 Å². The van der Waals surface area contributed by atoms with Gasteiger partial charge in [-0.25, -0.2) is 9.18 Å². The van der Waals surface area contributed by atoms with E-state index in [2.05, 4.69) is 6.92 Å². The summed E-state index contributed by atoms with van der Waals surface area (Å²) in [6.45, 7) is 2.23. The predicted molar refractivity (Wildman–Crippen MR) is 120 cm³/mol. The maximum absolute atomic E-state index is 14.2. The fourth-order valence-electron chi connectivity index (χ4n) is 4.80. The van der Waals surface area contributed by atoms with Gasteiger partial charge in [-0.15, -0.1) is 0 Å². The molecule has 0 N–H and O–H groups in total. The minimum Gasteiger partial charge on any atom is -0.423 e. The summed E-state index contributed by atoms with van der Waals surface area (Å²) in [6, 6.07) is 13.1. The second kappa shape index (κ2) is 9.54. The zero-order valence-corrected chi connectivity index (χ0v) is 18.4. The summed E-state index contributed by atoms with van der Waals surface area (Å²) >= 11 is 0. The van der Waals surface area contributed by atoms with Crippen LogP contribution in [0.5, 0.6) is 5.75 Å². The van der Waals surface area contributed by atoms with E-state index in [1.165, 1.54) is 55.5 Å². The van der Waals surface area contributed by atoms with Crippen molar-refractivity contribution in [2.75, 3.05) is 0 Å². The van der Waals surface area contributed by atoms with Gasteiger partial charge >= 0.3 is 12.1 Å². The minimum atomic E-state index is -4.77. The average Bonchev–Trinajstić information content (AvgIpc) is 2.79. The molecule has 0 spiro atoms. The lowest BCUT2D eigenvalue weighted by Crippen LogP contribution is -2.13. The Kier molecular flexibility index (Phi) is 6.73. The highest BCUT2D eigenvalue weighted by molar-refractivity contribution is 5.92. The van der Waals surface area contributed by atoms with E-state index in [0.717, 1.165) is 18.8 Å². The maximum atomic E-state index is 14.2. The largest absolute Gasteiger partial charge is 0.423 e. The lowest BCUT2D eigenvalue weighted by Gasteiger charge is -2.28. The third-order valence-corrected chi connectivity index (χ3v) is 6.60. The Hall–Kier alpha value is -2.89. The van der Waals surface area contributed by atoms with Crippen molar-refractivity contribution >= 4 is 16.7 Å². The van der Waals surface area contributed by atoms with Crippen molar-refractivity contribution in [2.45, 2.75) is 57.5 Å². The van der Waals surface area contributed by atoms with Crippen LogP contribution in [0.25, 0.3) is 10.8 Å². The van der Waals surface area contributed by atoms with Gasteiger partial charge < -0.3 is 4.74 Å². The lowest BCUT2D eigenvalue weighted by molar-refractivity contribution is -0.139. The van der Waals surface area contributed by atoms with Crippen molar-refractivity contribution in [2.24, 2.45) is 5.92 Å². The van der Waals surface area contributed by atoms with Gasteiger partial charge in [-0.1, -0.05) is 38.0 Å². The molecule has 0 amide bonds. The zero-order chi connectivity index (χ0) is 23.6. The monoisotopic (exact) mass is 458 g/mol. The Morgan fingerprint density at radius 3 is 2.30 bits per heavy atom. The summed E-state index contributed by atoms with van der Waals surface area (Å²) in [5.41, 5.74) is 0.291. The lowest BCUT2D eigenvalue weighted by atomic mass is 9.77. The first kappa shape index (κ1) is 23.3. The van der Waals surface area contributed by atoms with Crippen LogP contribution in [0.1, 0.15) is 72.9 Å². The first-order valence-corrected chi connectivity index (χ1v) is 11.4. The van der Waals surface area contributed by atoms with Gasteiger partial charge in [-0.05, 0) is 84.9 Å². The molecule has 33 heavy (non-hydrogen) atoms. The van der Waals surface area contributed by atoms with Gasteiger partial charge in [0, 0.05) is 5.39 Å². The molecule has 174 valence electrons. The smallest absolute Gasteiger partial charge is 0.419 e. The van der Waals surface area contributed by atoms with Crippen molar-refractivity contribution in [3.8, 4) is 5.75 Å². The van der Waals surface area contributed by atoms with E-state index < -0.39 is 23.5 Å². The topological polar surface area (TPSA) is 26.3 Å². The highest BCUT2D eigenvalue weighted by Crippen LogP contribution is 2.38.